The van der Waals surface area contributed by atoms with E-state index in [2.05, 4.69) is 5.32 Å². The van der Waals surface area contributed by atoms with Crippen LogP contribution in [0.4, 0.5) is 8.78 Å². The van der Waals surface area contributed by atoms with Gasteiger partial charge in [-0.05, 0) is 25.3 Å². The summed E-state index contributed by atoms with van der Waals surface area (Å²) in [5, 5.41) is 13.3. The lowest BCUT2D eigenvalue weighted by molar-refractivity contribution is 0.0496. The first kappa shape index (κ1) is 21.0. The number of hydrogen-bond donors (Lipinski definition) is 2. The fourth-order valence-electron chi connectivity index (χ4n) is 4.85. The van der Waals surface area contributed by atoms with E-state index in [0.29, 0.717) is 17.9 Å². The third-order valence-electron chi connectivity index (χ3n) is 6.40. The van der Waals surface area contributed by atoms with Gasteiger partial charge in [0.25, 0.3) is 11.8 Å². The monoisotopic (exact) mass is 461 g/mol. The topological polar surface area (TPSA) is 91.6 Å². The lowest BCUT2D eigenvalue weighted by atomic mass is 9.92. The van der Waals surface area contributed by atoms with Gasteiger partial charge in [-0.2, -0.15) is 0 Å². The van der Waals surface area contributed by atoms with Crippen molar-refractivity contribution in [3.63, 3.8) is 0 Å². The van der Waals surface area contributed by atoms with E-state index in [1.54, 1.807) is 16.7 Å². The molecule has 168 valence electrons. The largest absolute Gasteiger partial charge is 0.503 e. The van der Waals surface area contributed by atoms with Crippen LogP contribution in [0.5, 0.6) is 5.75 Å². The number of halogens is 2. The van der Waals surface area contributed by atoms with Gasteiger partial charge in [0, 0.05) is 35.7 Å². The number of nitrogens with zero attached hydrogens (tertiary/aromatic N) is 2. The molecule has 3 unspecified atom stereocenters. The number of thioether (sulfide) groups is 1. The van der Waals surface area contributed by atoms with Crippen LogP contribution in [0.2, 0.25) is 0 Å². The van der Waals surface area contributed by atoms with E-state index in [1.165, 1.54) is 16.8 Å². The van der Waals surface area contributed by atoms with Gasteiger partial charge in [0.2, 0.25) is 5.43 Å². The summed E-state index contributed by atoms with van der Waals surface area (Å²) >= 11 is 1.72. The van der Waals surface area contributed by atoms with Crippen molar-refractivity contribution in [2.75, 3.05) is 0 Å². The molecule has 7 nitrogen and oxygen atoms in total. The normalized spacial score (nSPS) is 24.0. The zero-order valence-electron chi connectivity index (χ0n) is 17.0. The van der Waals surface area contributed by atoms with E-state index in [1.807, 2.05) is 0 Å². The fraction of sp³-hybridized carbons (Fsp3) is 0.409. The van der Waals surface area contributed by atoms with E-state index in [4.69, 9.17) is 0 Å². The Bertz CT molecular complexity index is 1180. The lowest BCUT2D eigenvalue weighted by Crippen LogP contribution is -2.57. The van der Waals surface area contributed by atoms with Crippen LogP contribution in [0.15, 0.2) is 29.2 Å². The predicted molar refractivity (Wildman–Crippen MR) is 113 cm³/mol. The summed E-state index contributed by atoms with van der Waals surface area (Å²) < 4.78 is 28.4. The maximum absolute atomic E-state index is 13.8. The SMILES string of the molecule is O=C(NCc1ccc(F)cc1F)c1cn2c(c(O)c1=O)C(=O)N1C3CCCC(C3)SC1C2. The second-order valence-corrected chi connectivity index (χ2v) is 9.87. The molecule has 2 N–H and O–H groups in total. The summed E-state index contributed by atoms with van der Waals surface area (Å²) in [4.78, 5) is 40.3. The first-order valence-electron chi connectivity index (χ1n) is 10.5. The number of carbonyl (C=O) groups excluding carboxylic acids is 2. The van der Waals surface area contributed by atoms with Crippen LogP contribution >= 0.6 is 11.8 Å². The molecule has 1 aliphatic carbocycles. The van der Waals surface area contributed by atoms with E-state index >= 15 is 0 Å². The third kappa shape index (κ3) is 3.46. The van der Waals surface area contributed by atoms with E-state index < -0.39 is 34.6 Å². The quantitative estimate of drug-likeness (QED) is 0.733. The molecule has 1 aromatic carbocycles. The average Bonchev–Trinajstić information content (AvgIpc) is 2.75. The van der Waals surface area contributed by atoms with Gasteiger partial charge in [-0.3, -0.25) is 14.4 Å². The molecule has 0 spiro atoms. The number of fused-ring (bicyclic) bond motifs is 5. The summed E-state index contributed by atoms with van der Waals surface area (Å²) in [5.41, 5.74) is -1.34. The average molecular weight is 461 g/mol. The van der Waals surface area contributed by atoms with Gasteiger partial charge < -0.3 is 19.9 Å². The summed E-state index contributed by atoms with van der Waals surface area (Å²) in [6.45, 7) is 0.0981. The maximum atomic E-state index is 13.8. The van der Waals surface area contributed by atoms with Crippen molar-refractivity contribution in [3.05, 3.63) is 63.1 Å². The number of amides is 2. The van der Waals surface area contributed by atoms with Gasteiger partial charge in [0.15, 0.2) is 11.4 Å². The first-order valence-corrected chi connectivity index (χ1v) is 11.4. The molecule has 3 aliphatic rings. The Kier molecular flexibility index (Phi) is 5.19. The molecule has 2 amide bonds. The maximum Gasteiger partial charge on any atom is 0.275 e. The van der Waals surface area contributed by atoms with Crippen LogP contribution in [-0.2, 0) is 13.1 Å². The number of pyridine rings is 1. The lowest BCUT2D eigenvalue weighted by Gasteiger charge is -2.50. The highest BCUT2D eigenvalue weighted by Crippen LogP contribution is 2.44. The molecular formula is C22H21F2N3O4S. The highest BCUT2D eigenvalue weighted by Gasteiger charge is 2.45. The standard InChI is InChI=1S/C22H21F2N3O4S/c23-12-5-4-11(16(24)6-12)8-25-21(30)15-9-26-10-17-27(13-2-1-3-14(7-13)32-17)22(31)18(26)20(29)19(15)28/h4-6,9,13-14,17,29H,1-3,7-8,10H2,(H,25,30). The zero-order chi connectivity index (χ0) is 22.6. The van der Waals surface area contributed by atoms with Crippen LogP contribution in [0.25, 0.3) is 0 Å². The number of aromatic hydroxyl groups is 1. The number of aromatic nitrogens is 1. The summed E-state index contributed by atoms with van der Waals surface area (Å²) in [6.07, 6.45) is 5.26. The van der Waals surface area contributed by atoms with Crippen molar-refractivity contribution in [3.8, 4) is 5.75 Å². The molecule has 5 rings (SSSR count). The Labute approximate surface area is 186 Å². The molecule has 10 heteroatoms. The van der Waals surface area contributed by atoms with E-state index in [0.717, 1.165) is 31.7 Å². The number of carbonyl (C=O) groups is 2. The summed E-state index contributed by atoms with van der Waals surface area (Å²) in [7, 11) is 0. The Morgan fingerprint density at radius 3 is 2.84 bits per heavy atom. The molecule has 0 radical (unpaired) electrons. The van der Waals surface area contributed by atoms with Crippen molar-refractivity contribution in [1.29, 1.82) is 0 Å². The molecular weight excluding hydrogens is 440 g/mol. The van der Waals surface area contributed by atoms with Crippen molar-refractivity contribution < 1.29 is 23.5 Å². The molecule has 2 fully saturated rings. The van der Waals surface area contributed by atoms with Gasteiger partial charge in [0.1, 0.15) is 17.2 Å². The summed E-state index contributed by atoms with van der Waals surface area (Å²) in [6, 6.07) is 3.07. The molecule has 32 heavy (non-hydrogen) atoms. The number of rotatable bonds is 3. The second kappa shape index (κ2) is 7.91. The minimum Gasteiger partial charge on any atom is -0.503 e. The van der Waals surface area contributed by atoms with Gasteiger partial charge in [-0.1, -0.05) is 12.5 Å². The molecule has 2 bridgehead atoms. The Morgan fingerprint density at radius 2 is 2.06 bits per heavy atom. The van der Waals surface area contributed by atoms with Gasteiger partial charge in [-0.25, -0.2) is 8.78 Å². The Balaban J connectivity index is 1.43. The summed E-state index contributed by atoms with van der Waals surface area (Å²) in [5.74, 6) is -3.52. The molecule has 3 atom stereocenters. The van der Waals surface area contributed by atoms with E-state index in [-0.39, 0.29) is 34.8 Å². The van der Waals surface area contributed by atoms with Crippen LogP contribution in [0.3, 0.4) is 0 Å². The van der Waals surface area contributed by atoms with Gasteiger partial charge >= 0.3 is 0 Å². The van der Waals surface area contributed by atoms with Crippen molar-refractivity contribution >= 4 is 23.6 Å². The molecule has 1 saturated carbocycles. The van der Waals surface area contributed by atoms with Crippen molar-refractivity contribution in [2.24, 2.45) is 0 Å². The van der Waals surface area contributed by atoms with Gasteiger partial charge in [-0.15, -0.1) is 11.8 Å². The second-order valence-electron chi connectivity index (χ2n) is 8.39. The number of hydrogen-bond acceptors (Lipinski definition) is 5. The van der Waals surface area contributed by atoms with E-state index in [9.17, 15) is 28.3 Å². The zero-order valence-corrected chi connectivity index (χ0v) is 17.8. The number of nitrogens with one attached hydrogen (secondary N) is 1. The van der Waals surface area contributed by atoms with Crippen LogP contribution < -0.4 is 10.7 Å². The first-order chi connectivity index (χ1) is 15.3. The van der Waals surface area contributed by atoms with Crippen LogP contribution in [-0.4, -0.2) is 43.1 Å². The molecule has 2 aliphatic heterocycles. The van der Waals surface area contributed by atoms with Gasteiger partial charge in [0.05, 0.1) is 11.9 Å². The van der Waals surface area contributed by atoms with Crippen LogP contribution in [0.1, 0.15) is 52.1 Å². The molecule has 1 aromatic heterocycles. The Hall–Kier alpha value is -2.88. The molecule has 3 heterocycles. The smallest absolute Gasteiger partial charge is 0.275 e. The molecule has 2 aromatic rings. The highest BCUT2D eigenvalue weighted by molar-refractivity contribution is 8.00. The highest BCUT2D eigenvalue weighted by atomic mass is 32.2. The van der Waals surface area contributed by atoms with Crippen LogP contribution in [0, 0.1) is 11.6 Å². The number of benzene rings is 1. The minimum atomic E-state index is -0.952. The molecule has 1 saturated heterocycles. The third-order valence-corrected chi connectivity index (χ3v) is 7.90. The predicted octanol–water partition coefficient (Wildman–Crippen LogP) is 2.60. The minimum absolute atomic E-state index is 0.0537. The van der Waals surface area contributed by atoms with Crippen molar-refractivity contribution in [1.82, 2.24) is 14.8 Å². The fourth-order valence-corrected chi connectivity index (χ4v) is 6.58. The Morgan fingerprint density at radius 1 is 1.25 bits per heavy atom. The van der Waals surface area contributed by atoms with Crippen molar-refractivity contribution in [2.45, 2.75) is 55.4 Å².